The van der Waals surface area contributed by atoms with Crippen LogP contribution in [0.15, 0.2) is 48.2 Å². The van der Waals surface area contributed by atoms with Crippen LogP contribution in [0.25, 0.3) is 0 Å². The van der Waals surface area contributed by atoms with Crippen molar-refractivity contribution in [2.75, 3.05) is 9.80 Å². The lowest BCUT2D eigenvalue weighted by atomic mass is 9.93. The molecule has 1 aromatic rings. The number of benzene rings is 1. The quantitative estimate of drug-likeness (QED) is 0.585. The molecule has 0 spiro atoms. The molecule has 1 aromatic carbocycles. The molecule has 0 saturated carbocycles. The van der Waals surface area contributed by atoms with Crippen molar-refractivity contribution >= 4 is 23.2 Å². The molecule has 7 nitrogen and oxygen atoms in total. The molecule has 2 amide bonds. The first kappa shape index (κ1) is 15.0. The summed E-state index contributed by atoms with van der Waals surface area (Å²) in [5.41, 5.74) is 1.12. The highest BCUT2D eigenvalue weighted by atomic mass is 16.6. The van der Waals surface area contributed by atoms with Crippen molar-refractivity contribution in [2.24, 2.45) is 0 Å². The van der Waals surface area contributed by atoms with Crippen LogP contribution in [-0.2, 0) is 9.59 Å². The summed E-state index contributed by atoms with van der Waals surface area (Å²) < 4.78 is 0. The van der Waals surface area contributed by atoms with Crippen LogP contribution in [0.3, 0.4) is 0 Å². The molecule has 1 aliphatic carbocycles. The van der Waals surface area contributed by atoms with Gasteiger partial charge in [-0.15, -0.1) is 0 Å². The van der Waals surface area contributed by atoms with E-state index in [0.717, 1.165) is 0 Å². The number of nitro groups is 1. The Morgan fingerprint density at radius 2 is 1.57 bits per heavy atom. The summed E-state index contributed by atoms with van der Waals surface area (Å²) in [7, 11) is 0. The number of allylic oxidation sites excluding steroid dienone is 1. The van der Waals surface area contributed by atoms with Crippen LogP contribution in [0.5, 0.6) is 0 Å². The molecule has 3 rings (SSSR count). The number of carbonyl (C=O) groups is 2. The third-order valence-corrected chi connectivity index (χ3v) is 4.04. The molecule has 2 atom stereocenters. The molecule has 0 N–H and O–H groups in total. The highest BCUT2D eigenvalue weighted by Gasteiger charge is 2.42. The largest absolute Gasteiger partial charge is 0.301 e. The number of amides is 2. The lowest BCUT2D eigenvalue weighted by molar-refractivity contribution is -0.419. The Labute approximate surface area is 132 Å². The van der Waals surface area contributed by atoms with E-state index < -0.39 is 17.0 Å². The molecule has 1 heterocycles. The van der Waals surface area contributed by atoms with Gasteiger partial charge in [-0.2, -0.15) is 0 Å². The van der Waals surface area contributed by atoms with Crippen LogP contribution >= 0.6 is 0 Å². The topological polar surface area (TPSA) is 83.8 Å². The fraction of sp³-hybridized carbons (Fsp3) is 0.250. The Morgan fingerprint density at radius 1 is 1.04 bits per heavy atom. The monoisotopic (exact) mass is 313 g/mol. The highest BCUT2D eigenvalue weighted by molar-refractivity contribution is 6.04. The summed E-state index contributed by atoms with van der Waals surface area (Å²) in [6.45, 7) is 2.85. The van der Waals surface area contributed by atoms with Gasteiger partial charge in [0.15, 0.2) is 0 Å². The van der Waals surface area contributed by atoms with Crippen LogP contribution in [0.2, 0.25) is 0 Å². The number of fused-ring (bicyclic) bond motifs is 2. The van der Waals surface area contributed by atoms with Crippen molar-refractivity contribution in [1.82, 2.24) is 0 Å². The van der Waals surface area contributed by atoms with Crippen molar-refractivity contribution < 1.29 is 14.5 Å². The summed E-state index contributed by atoms with van der Waals surface area (Å²) in [4.78, 5) is 38.0. The number of hydrogen-bond donors (Lipinski definition) is 0. The summed E-state index contributed by atoms with van der Waals surface area (Å²) >= 11 is 0. The Morgan fingerprint density at radius 3 is 2.04 bits per heavy atom. The van der Waals surface area contributed by atoms with Gasteiger partial charge < -0.3 is 9.80 Å². The standard InChI is InChI=1S/C16H15N3O4/c1-10(20)17-13-5-3-4-6-14(13)18(11(2)21)16-9-12(19(22)23)7-8-15(16)17/h3-9,15-16H,1-2H3/t15-,16+/m1/s1. The van der Waals surface area contributed by atoms with E-state index in [1.807, 2.05) is 0 Å². The second-order valence-electron chi connectivity index (χ2n) is 5.46. The molecule has 0 saturated heterocycles. The first-order valence-corrected chi connectivity index (χ1v) is 7.15. The van der Waals surface area contributed by atoms with Gasteiger partial charge in [0.2, 0.25) is 11.8 Å². The minimum absolute atomic E-state index is 0.0830. The zero-order valence-corrected chi connectivity index (χ0v) is 12.7. The first-order chi connectivity index (χ1) is 10.9. The number of para-hydroxylation sites is 2. The van der Waals surface area contributed by atoms with E-state index in [1.165, 1.54) is 30.9 Å². The molecule has 118 valence electrons. The number of anilines is 2. The summed E-state index contributed by atoms with van der Waals surface area (Å²) in [5, 5.41) is 11.1. The van der Waals surface area contributed by atoms with E-state index in [4.69, 9.17) is 0 Å². The van der Waals surface area contributed by atoms with E-state index in [2.05, 4.69) is 0 Å². The summed E-state index contributed by atoms with van der Waals surface area (Å²) in [6.07, 6.45) is 4.41. The summed E-state index contributed by atoms with van der Waals surface area (Å²) in [5.74, 6) is -0.414. The number of nitrogens with zero attached hydrogens (tertiary/aromatic N) is 3. The van der Waals surface area contributed by atoms with Crippen LogP contribution in [0, 0.1) is 10.1 Å². The van der Waals surface area contributed by atoms with Gasteiger partial charge in [0.25, 0.3) is 5.70 Å². The second kappa shape index (κ2) is 5.35. The van der Waals surface area contributed by atoms with Crippen LogP contribution in [-0.4, -0.2) is 28.8 Å². The van der Waals surface area contributed by atoms with Gasteiger partial charge in [-0.1, -0.05) is 18.2 Å². The third kappa shape index (κ3) is 2.30. The van der Waals surface area contributed by atoms with Crippen molar-refractivity contribution in [3.8, 4) is 0 Å². The lowest BCUT2D eigenvalue weighted by Crippen LogP contribution is -2.58. The molecule has 0 bridgehead atoms. The maximum atomic E-state index is 12.2. The van der Waals surface area contributed by atoms with E-state index >= 15 is 0 Å². The molecule has 0 unspecified atom stereocenters. The SMILES string of the molecule is CC(=O)N1c2ccccc2N(C(C)=O)[C@H]2C=C([N+](=O)[O-])C=C[C@H]21. The zero-order chi connectivity index (χ0) is 16.7. The fourth-order valence-electron chi connectivity index (χ4n) is 3.18. The molecule has 7 heteroatoms. The van der Waals surface area contributed by atoms with Gasteiger partial charge in [0.05, 0.1) is 28.4 Å². The van der Waals surface area contributed by atoms with Crippen molar-refractivity contribution in [2.45, 2.75) is 25.9 Å². The van der Waals surface area contributed by atoms with Crippen molar-refractivity contribution in [3.63, 3.8) is 0 Å². The highest BCUT2D eigenvalue weighted by Crippen LogP contribution is 2.40. The van der Waals surface area contributed by atoms with Crippen molar-refractivity contribution in [3.05, 3.63) is 58.3 Å². The third-order valence-electron chi connectivity index (χ3n) is 4.04. The lowest BCUT2D eigenvalue weighted by Gasteiger charge is -2.46. The molecule has 0 radical (unpaired) electrons. The average molecular weight is 313 g/mol. The molecule has 23 heavy (non-hydrogen) atoms. The van der Waals surface area contributed by atoms with Gasteiger partial charge in [-0.25, -0.2) is 0 Å². The minimum Gasteiger partial charge on any atom is -0.301 e. The molecule has 0 fully saturated rings. The smallest absolute Gasteiger partial charge is 0.267 e. The van der Waals surface area contributed by atoms with Gasteiger partial charge in [0, 0.05) is 26.0 Å². The average Bonchev–Trinajstić information content (AvgIpc) is 2.50. The number of rotatable bonds is 1. The molecule has 2 aliphatic rings. The fourth-order valence-corrected chi connectivity index (χ4v) is 3.18. The number of carbonyl (C=O) groups excluding carboxylic acids is 2. The second-order valence-corrected chi connectivity index (χ2v) is 5.46. The van der Waals surface area contributed by atoms with Gasteiger partial charge >= 0.3 is 0 Å². The summed E-state index contributed by atoms with van der Waals surface area (Å²) in [6, 6.07) is 6.00. The predicted octanol–water partition coefficient (Wildman–Crippen LogP) is 1.87. The number of hydrogen-bond acceptors (Lipinski definition) is 4. The normalized spacial score (nSPS) is 22.1. The zero-order valence-electron chi connectivity index (χ0n) is 12.7. The molecular formula is C16H15N3O4. The molecular weight excluding hydrogens is 298 g/mol. The van der Waals surface area contributed by atoms with E-state index in [-0.39, 0.29) is 17.5 Å². The molecule has 1 aliphatic heterocycles. The van der Waals surface area contributed by atoms with E-state index in [1.54, 1.807) is 35.2 Å². The van der Waals surface area contributed by atoms with Crippen molar-refractivity contribution in [1.29, 1.82) is 0 Å². The van der Waals surface area contributed by atoms with Crippen LogP contribution in [0.4, 0.5) is 11.4 Å². The Kier molecular flexibility index (Phi) is 3.48. The van der Waals surface area contributed by atoms with E-state index in [9.17, 15) is 19.7 Å². The minimum atomic E-state index is -0.600. The predicted molar refractivity (Wildman–Crippen MR) is 84.6 cm³/mol. The van der Waals surface area contributed by atoms with Crippen LogP contribution in [0.1, 0.15) is 13.8 Å². The first-order valence-electron chi connectivity index (χ1n) is 7.15. The molecule has 0 aromatic heterocycles. The van der Waals surface area contributed by atoms with Crippen LogP contribution < -0.4 is 9.80 Å². The Hall–Kier alpha value is -2.96. The Bertz CT molecular complexity index is 768. The van der Waals surface area contributed by atoms with Gasteiger partial charge in [-0.05, 0) is 12.1 Å². The maximum absolute atomic E-state index is 12.2. The Balaban J connectivity index is 2.22. The van der Waals surface area contributed by atoms with Gasteiger partial charge in [-0.3, -0.25) is 19.7 Å². The van der Waals surface area contributed by atoms with E-state index in [0.29, 0.717) is 11.4 Å². The maximum Gasteiger partial charge on any atom is 0.267 e. The van der Waals surface area contributed by atoms with Gasteiger partial charge in [0.1, 0.15) is 0 Å².